The molecule has 0 bridgehead atoms. The predicted octanol–water partition coefficient (Wildman–Crippen LogP) is 4.55. The van der Waals surface area contributed by atoms with Crippen LogP contribution < -0.4 is 5.32 Å². The number of nitrogens with one attached hydrogen (secondary N) is 1. The lowest BCUT2D eigenvalue weighted by molar-refractivity contribution is -0.124. The number of rotatable bonds is 8. The van der Waals surface area contributed by atoms with E-state index < -0.39 is 11.5 Å². The van der Waals surface area contributed by atoms with Crippen LogP contribution in [0.15, 0.2) is 35.8 Å². The van der Waals surface area contributed by atoms with Gasteiger partial charge in [-0.3, -0.25) is 14.5 Å². The van der Waals surface area contributed by atoms with Crippen LogP contribution in [0.5, 0.6) is 0 Å². The minimum absolute atomic E-state index is 0.0389. The Balaban J connectivity index is 1.05. The Hall–Kier alpha value is -2.23. The van der Waals surface area contributed by atoms with E-state index in [1.165, 1.54) is 29.5 Å². The van der Waals surface area contributed by atoms with Crippen LogP contribution >= 0.6 is 11.3 Å². The molecule has 6 nitrogen and oxygen atoms in total. The number of aromatic nitrogens is 1. The molecular formula is C26H31F2N3O3S. The molecule has 35 heavy (non-hydrogen) atoms. The maximum atomic E-state index is 13.5. The number of hydrogen-bond donors (Lipinski definition) is 2. The van der Waals surface area contributed by atoms with Crippen LogP contribution in [0, 0.1) is 17.8 Å². The van der Waals surface area contributed by atoms with Crippen LogP contribution in [-0.4, -0.2) is 45.8 Å². The van der Waals surface area contributed by atoms with Gasteiger partial charge < -0.3 is 10.4 Å². The first-order valence-electron chi connectivity index (χ1n) is 12.3. The zero-order valence-electron chi connectivity index (χ0n) is 19.8. The molecule has 2 aromatic rings. The molecule has 5 rings (SSSR count). The van der Waals surface area contributed by atoms with Crippen LogP contribution in [-0.2, 0) is 21.1 Å². The number of hydrogen-bond acceptors (Lipinski definition) is 6. The normalized spacial score (nSPS) is 30.6. The summed E-state index contributed by atoms with van der Waals surface area (Å²) in [4.78, 5) is 31.8. The van der Waals surface area contributed by atoms with E-state index in [0.717, 1.165) is 37.9 Å². The predicted molar refractivity (Wildman–Crippen MR) is 129 cm³/mol. The van der Waals surface area contributed by atoms with Gasteiger partial charge in [-0.25, -0.2) is 13.8 Å². The van der Waals surface area contributed by atoms with Gasteiger partial charge in [0.05, 0.1) is 0 Å². The minimum atomic E-state index is -2.98. The Morgan fingerprint density at radius 2 is 1.94 bits per heavy atom. The molecule has 1 aliphatic heterocycles. The smallest absolute Gasteiger partial charge is 0.270 e. The van der Waals surface area contributed by atoms with E-state index in [1.807, 2.05) is 5.38 Å². The van der Waals surface area contributed by atoms with Crippen LogP contribution in [0.25, 0.3) is 0 Å². The van der Waals surface area contributed by atoms with Crippen molar-refractivity contribution in [1.82, 2.24) is 9.88 Å². The molecular weight excluding hydrogens is 472 g/mol. The van der Waals surface area contributed by atoms with Gasteiger partial charge in [-0.1, -0.05) is 12.1 Å². The average Bonchev–Trinajstić information content (AvgIpc) is 3.19. The number of amides is 1. The number of carbonyl (C=O) groups excluding carboxylic acids is 2. The maximum Gasteiger partial charge on any atom is 0.270 e. The number of alkyl halides is 2. The fraction of sp³-hybridized carbons (Fsp3) is 0.577. The van der Waals surface area contributed by atoms with E-state index in [1.54, 1.807) is 12.3 Å². The summed E-state index contributed by atoms with van der Waals surface area (Å²) in [6, 6.07) is 6.08. The Bertz CT molecular complexity index is 1070. The molecule has 3 aliphatic rings. The van der Waals surface area contributed by atoms with Crippen molar-refractivity contribution in [2.75, 3.05) is 18.4 Å². The van der Waals surface area contributed by atoms with Crippen molar-refractivity contribution in [2.45, 2.75) is 63.0 Å². The molecule has 1 unspecified atom stereocenters. The van der Waals surface area contributed by atoms with Crippen LogP contribution in [0.4, 0.5) is 14.5 Å². The topological polar surface area (TPSA) is 82.5 Å². The third-order valence-electron chi connectivity index (χ3n) is 7.97. The molecule has 0 radical (unpaired) electrons. The number of piperidine rings is 1. The second-order valence-corrected chi connectivity index (χ2v) is 11.3. The average molecular weight is 504 g/mol. The largest absolute Gasteiger partial charge is 0.383 e. The van der Waals surface area contributed by atoms with E-state index >= 15 is 0 Å². The molecule has 2 saturated carbocycles. The molecule has 1 amide bonds. The molecule has 1 aromatic carbocycles. The number of ketones is 1. The first-order chi connectivity index (χ1) is 16.6. The van der Waals surface area contributed by atoms with Crippen molar-refractivity contribution >= 4 is 28.7 Å². The summed E-state index contributed by atoms with van der Waals surface area (Å²) < 4.78 is 27.0. The number of carbonyl (C=O) groups is 2. The van der Waals surface area contributed by atoms with Crippen molar-refractivity contribution < 1.29 is 23.5 Å². The molecule has 0 spiro atoms. The van der Waals surface area contributed by atoms with Gasteiger partial charge in [-0.15, -0.1) is 11.3 Å². The van der Waals surface area contributed by atoms with Gasteiger partial charge in [0, 0.05) is 67.6 Å². The molecule has 188 valence electrons. The van der Waals surface area contributed by atoms with Gasteiger partial charge in [-0.2, -0.15) is 0 Å². The number of anilines is 1. The van der Waals surface area contributed by atoms with E-state index in [-0.39, 0.29) is 36.0 Å². The van der Waals surface area contributed by atoms with Gasteiger partial charge in [-0.05, 0) is 49.7 Å². The highest BCUT2D eigenvalue weighted by molar-refractivity contribution is 7.09. The molecule has 9 heteroatoms. The zero-order chi connectivity index (χ0) is 24.8. The number of nitrogens with zero attached hydrogens (tertiary/aromatic N) is 2. The number of likely N-dealkylation sites (tertiary alicyclic amines) is 1. The zero-order valence-corrected chi connectivity index (χ0v) is 20.6. The van der Waals surface area contributed by atoms with Crippen molar-refractivity contribution in [3.8, 4) is 0 Å². The quantitative estimate of drug-likeness (QED) is 0.552. The van der Waals surface area contributed by atoms with E-state index in [0.29, 0.717) is 36.4 Å². The van der Waals surface area contributed by atoms with E-state index in [9.17, 15) is 23.5 Å². The number of fused-ring (bicyclic) bond motifs is 1. The molecule has 1 aromatic heterocycles. The van der Waals surface area contributed by atoms with Crippen molar-refractivity contribution in [3.63, 3.8) is 0 Å². The molecule has 2 aliphatic carbocycles. The van der Waals surface area contributed by atoms with E-state index in [2.05, 4.69) is 15.2 Å². The minimum Gasteiger partial charge on any atom is -0.383 e. The Labute approximate surface area is 207 Å². The molecule has 2 N–H and O–H groups in total. The highest BCUT2D eigenvalue weighted by Gasteiger charge is 2.59. The fourth-order valence-corrected chi connectivity index (χ4v) is 6.74. The maximum absolute atomic E-state index is 13.5. The summed E-state index contributed by atoms with van der Waals surface area (Å²) in [6.07, 6.45) is 5.27. The van der Waals surface area contributed by atoms with Crippen LogP contribution in [0.2, 0.25) is 0 Å². The van der Waals surface area contributed by atoms with Gasteiger partial charge in [0.15, 0.2) is 0 Å². The first kappa shape index (κ1) is 24.5. The number of thiazole rings is 1. The van der Waals surface area contributed by atoms with Crippen LogP contribution in [0.3, 0.4) is 0 Å². The van der Waals surface area contributed by atoms with Crippen molar-refractivity contribution in [1.29, 1.82) is 0 Å². The molecule has 2 heterocycles. The summed E-state index contributed by atoms with van der Waals surface area (Å²) in [5.41, 5.74) is -0.646. The standard InChI is InChI=1S/C26H31F2N3O3S/c1-25(27,28)16-3-2-4-17(13-16)30-22(33)6-5-21(32)23-19-14-31(15-20(19)23)18-7-9-26(34,10-8-18)24-29-11-12-35-24/h2-4,11-13,18-20,23,34H,5-10,14-15H2,1H3,(H,30,33)/t18?,19-,20+,23?,26?. The number of Topliss-reactive ketones (excluding diaryl/α,β-unsaturated/α-hetero) is 1. The number of benzene rings is 1. The Kier molecular flexibility index (Phi) is 6.52. The van der Waals surface area contributed by atoms with Crippen molar-refractivity contribution in [2.24, 2.45) is 17.8 Å². The third kappa shape index (κ3) is 5.17. The van der Waals surface area contributed by atoms with Gasteiger partial charge in [0.1, 0.15) is 16.4 Å². The molecule has 3 atom stereocenters. The lowest BCUT2D eigenvalue weighted by Crippen LogP contribution is -2.43. The summed E-state index contributed by atoms with van der Waals surface area (Å²) in [6.45, 7) is 2.63. The summed E-state index contributed by atoms with van der Waals surface area (Å²) >= 11 is 1.51. The SMILES string of the molecule is CC(F)(F)c1cccc(NC(=O)CCC(=O)C2[C@H]3CN(C4CCC(O)(c5nccs5)CC4)C[C@@H]23)c1. The molecule has 1 saturated heterocycles. The van der Waals surface area contributed by atoms with E-state index in [4.69, 9.17) is 0 Å². The highest BCUT2D eigenvalue weighted by Crippen LogP contribution is 2.54. The first-order valence-corrected chi connectivity index (χ1v) is 13.2. The van der Waals surface area contributed by atoms with Gasteiger partial charge >= 0.3 is 0 Å². The lowest BCUT2D eigenvalue weighted by Gasteiger charge is -2.39. The van der Waals surface area contributed by atoms with Gasteiger partial charge in [0.25, 0.3) is 5.92 Å². The second-order valence-electron chi connectivity index (χ2n) is 10.4. The Morgan fingerprint density at radius 3 is 2.57 bits per heavy atom. The van der Waals surface area contributed by atoms with Crippen LogP contribution in [0.1, 0.15) is 56.0 Å². The summed E-state index contributed by atoms with van der Waals surface area (Å²) in [7, 11) is 0. The fourth-order valence-electron chi connectivity index (χ4n) is 5.94. The van der Waals surface area contributed by atoms with Crippen molar-refractivity contribution in [3.05, 3.63) is 46.4 Å². The Morgan fingerprint density at radius 1 is 1.23 bits per heavy atom. The molecule has 3 fully saturated rings. The van der Waals surface area contributed by atoms with Gasteiger partial charge in [0.2, 0.25) is 5.91 Å². The number of halogens is 2. The monoisotopic (exact) mass is 503 g/mol. The summed E-state index contributed by atoms with van der Waals surface area (Å²) in [5, 5.41) is 16.3. The lowest BCUT2D eigenvalue weighted by atomic mass is 9.82. The highest BCUT2D eigenvalue weighted by atomic mass is 32.1. The third-order valence-corrected chi connectivity index (χ3v) is 8.94. The summed E-state index contributed by atoms with van der Waals surface area (Å²) in [5.74, 6) is -2.41. The second kappa shape index (κ2) is 9.33. The number of aliphatic hydroxyl groups is 1.